The summed E-state index contributed by atoms with van der Waals surface area (Å²) in [6, 6.07) is 3.59. The van der Waals surface area contributed by atoms with Crippen LogP contribution in [0.15, 0.2) is 29.3 Å². The Morgan fingerprint density at radius 1 is 1.26 bits per heavy atom. The zero-order valence-electron chi connectivity index (χ0n) is 13.1. The lowest BCUT2D eigenvalue weighted by Crippen LogP contribution is -2.25. The Bertz CT molecular complexity index is 897. The van der Waals surface area contributed by atoms with Crippen molar-refractivity contribution >= 4 is 23.1 Å². The van der Waals surface area contributed by atoms with Crippen molar-refractivity contribution in [3.8, 4) is 0 Å². The van der Waals surface area contributed by atoms with Crippen LogP contribution in [0.2, 0.25) is 5.02 Å². The molecule has 0 bridgehead atoms. The average Bonchev–Trinajstić information content (AvgIpc) is 2.95. The minimum atomic E-state index is -0.147. The summed E-state index contributed by atoms with van der Waals surface area (Å²) in [4.78, 5) is 20.9. The molecule has 120 valence electrons. The van der Waals surface area contributed by atoms with Crippen LogP contribution in [0.1, 0.15) is 31.3 Å². The van der Waals surface area contributed by atoms with E-state index in [1.54, 1.807) is 30.0 Å². The second kappa shape index (κ2) is 6.00. The van der Waals surface area contributed by atoms with E-state index in [0.29, 0.717) is 23.0 Å². The second-order valence-electron chi connectivity index (χ2n) is 5.58. The molecule has 0 aliphatic rings. The maximum Gasteiger partial charge on any atom is 0.280 e. The van der Waals surface area contributed by atoms with Gasteiger partial charge >= 0.3 is 0 Å². The summed E-state index contributed by atoms with van der Waals surface area (Å²) in [7, 11) is 1.68. The van der Waals surface area contributed by atoms with Crippen molar-refractivity contribution in [2.24, 2.45) is 7.05 Å². The molecule has 0 aliphatic carbocycles. The molecule has 0 aliphatic heterocycles. The van der Waals surface area contributed by atoms with Crippen molar-refractivity contribution in [2.45, 2.75) is 26.3 Å². The first kappa shape index (κ1) is 15.5. The standard InChI is InChI=1S/C15H17ClN6O/c1-9(2)13-18-8-12-14(23)21(3)15(20-22(12)13)19-7-11-5-4-10(16)6-17-11/h4-6,8-9H,7H2,1-3H3,(H,19,20). The predicted octanol–water partition coefficient (Wildman–Crippen LogP) is 2.21. The molecule has 0 fully saturated rings. The fourth-order valence-electron chi connectivity index (χ4n) is 2.27. The number of halogens is 1. The molecule has 3 aromatic heterocycles. The van der Waals surface area contributed by atoms with Crippen molar-refractivity contribution < 1.29 is 0 Å². The maximum absolute atomic E-state index is 12.4. The van der Waals surface area contributed by atoms with E-state index in [0.717, 1.165) is 11.5 Å². The highest BCUT2D eigenvalue weighted by atomic mass is 35.5. The summed E-state index contributed by atoms with van der Waals surface area (Å²) >= 11 is 5.82. The minimum Gasteiger partial charge on any atom is -0.349 e. The molecule has 1 N–H and O–H groups in total. The quantitative estimate of drug-likeness (QED) is 0.792. The first-order valence-corrected chi connectivity index (χ1v) is 7.64. The molecule has 0 unspecified atom stereocenters. The van der Waals surface area contributed by atoms with E-state index >= 15 is 0 Å². The van der Waals surface area contributed by atoms with Crippen LogP contribution in [-0.4, -0.2) is 24.1 Å². The van der Waals surface area contributed by atoms with Crippen LogP contribution >= 0.6 is 11.6 Å². The first-order valence-electron chi connectivity index (χ1n) is 7.26. The monoisotopic (exact) mass is 332 g/mol. The summed E-state index contributed by atoms with van der Waals surface area (Å²) in [5, 5.41) is 8.22. The number of fused-ring (bicyclic) bond motifs is 1. The zero-order chi connectivity index (χ0) is 16.6. The number of hydrogen-bond acceptors (Lipinski definition) is 5. The van der Waals surface area contributed by atoms with Gasteiger partial charge in [0, 0.05) is 19.2 Å². The van der Waals surface area contributed by atoms with Gasteiger partial charge in [-0.25, -0.2) is 9.50 Å². The van der Waals surface area contributed by atoms with Gasteiger partial charge in [-0.2, -0.15) is 0 Å². The Morgan fingerprint density at radius 2 is 2.04 bits per heavy atom. The largest absolute Gasteiger partial charge is 0.349 e. The van der Waals surface area contributed by atoms with Crippen LogP contribution in [-0.2, 0) is 13.6 Å². The third kappa shape index (κ3) is 2.92. The molecule has 0 saturated heterocycles. The highest BCUT2D eigenvalue weighted by Crippen LogP contribution is 2.14. The maximum atomic E-state index is 12.4. The number of imidazole rings is 1. The summed E-state index contributed by atoms with van der Waals surface area (Å²) in [5.74, 6) is 1.38. The molecule has 3 aromatic rings. The number of rotatable bonds is 4. The second-order valence-corrected chi connectivity index (χ2v) is 6.01. The third-order valence-electron chi connectivity index (χ3n) is 3.53. The normalized spacial score (nSPS) is 11.3. The summed E-state index contributed by atoms with van der Waals surface area (Å²) < 4.78 is 3.07. The SMILES string of the molecule is CC(C)c1ncc2c(=O)n(C)c(NCc3ccc(Cl)cn3)nn12. The minimum absolute atomic E-state index is 0.147. The van der Waals surface area contributed by atoms with Crippen molar-refractivity contribution in [1.29, 1.82) is 0 Å². The van der Waals surface area contributed by atoms with E-state index in [1.807, 2.05) is 19.9 Å². The molecule has 0 atom stereocenters. The Labute approximate surface area is 138 Å². The fraction of sp³-hybridized carbons (Fsp3) is 0.333. The van der Waals surface area contributed by atoms with Crippen molar-refractivity contribution in [1.82, 2.24) is 24.1 Å². The Kier molecular flexibility index (Phi) is 4.04. The molecule has 3 heterocycles. The Hall–Kier alpha value is -2.41. The summed E-state index contributed by atoms with van der Waals surface area (Å²) in [6.45, 7) is 4.46. The van der Waals surface area contributed by atoms with Crippen LogP contribution in [0.4, 0.5) is 5.95 Å². The van der Waals surface area contributed by atoms with Gasteiger partial charge in [0.1, 0.15) is 5.82 Å². The zero-order valence-corrected chi connectivity index (χ0v) is 13.9. The summed E-state index contributed by atoms with van der Waals surface area (Å²) in [5.41, 5.74) is 1.12. The number of aromatic nitrogens is 5. The van der Waals surface area contributed by atoms with E-state index in [1.165, 1.54) is 4.57 Å². The van der Waals surface area contributed by atoms with E-state index in [9.17, 15) is 4.79 Å². The molecule has 3 rings (SSSR count). The van der Waals surface area contributed by atoms with Gasteiger partial charge in [-0.05, 0) is 12.1 Å². The average molecular weight is 333 g/mol. The molecular formula is C15H17ClN6O. The van der Waals surface area contributed by atoms with Crippen molar-refractivity contribution in [2.75, 3.05) is 5.32 Å². The van der Waals surface area contributed by atoms with Gasteiger partial charge in [-0.3, -0.25) is 14.3 Å². The molecule has 0 aromatic carbocycles. The lowest BCUT2D eigenvalue weighted by molar-refractivity contribution is 0.694. The molecule has 0 spiro atoms. The van der Waals surface area contributed by atoms with Gasteiger partial charge in [0.15, 0.2) is 5.52 Å². The van der Waals surface area contributed by atoms with E-state index in [2.05, 4.69) is 20.4 Å². The van der Waals surface area contributed by atoms with Crippen LogP contribution in [0.5, 0.6) is 0 Å². The lowest BCUT2D eigenvalue weighted by atomic mass is 10.2. The van der Waals surface area contributed by atoms with Gasteiger partial charge in [0.2, 0.25) is 5.95 Å². The third-order valence-corrected chi connectivity index (χ3v) is 3.76. The van der Waals surface area contributed by atoms with Crippen molar-refractivity contribution in [3.05, 3.63) is 51.4 Å². The van der Waals surface area contributed by atoms with Gasteiger partial charge in [-0.1, -0.05) is 25.4 Å². The molecule has 0 amide bonds. The van der Waals surface area contributed by atoms with E-state index in [-0.39, 0.29) is 11.5 Å². The highest BCUT2D eigenvalue weighted by Gasteiger charge is 2.14. The topological polar surface area (TPSA) is 77.1 Å². The van der Waals surface area contributed by atoms with E-state index in [4.69, 9.17) is 11.6 Å². The van der Waals surface area contributed by atoms with Gasteiger partial charge in [0.25, 0.3) is 5.56 Å². The number of anilines is 1. The number of nitrogens with one attached hydrogen (secondary N) is 1. The van der Waals surface area contributed by atoms with Crippen LogP contribution in [0, 0.1) is 0 Å². The Morgan fingerprint density at radius 3 is 2.70 bits per heavy atom. The molecule has 7 nitrogen and oxygen atoms in total. The first-order chi connectivity index (χ1) is 11.0. The summed E-state index contributed by atoms with van der Waals surface area (Å²) in [6.07, 6.45) is 3.15. The van der Waals surface area contributed by atoms with Gasteiger partial charge < -0.3 is 5.32 Å². The molecule has 8 heteroatoms. The van der Waals surface area contributed by atoms with E-state index < -0.39 is 0 Å². The number of hydrogen-bond donors (Lipinski definition) is 1. The number of nitrogens with zero attached hydrogens (tertiary/aromatic N) is 5. The highest BCUT2D eigenvalue weighted by molar-refractivity contribution is 6.30. The molecule has 0 saturated carbocycles. The van der Waals surface area contributed by atoms with Crippen LogP contribution in [0.3, 0.4) is 0 Å². The van der Waals surface area contributed by atoms with Crippen LogP contribution in [0.25, 0.3) is 5.52 Å². The fourth-order valence-corrected chi connectivity index (χ4v) is 2.38. The molecule has 23 heavy (non-hydrogen) atoms. The smallest absolute Gasteiger partial charge is 0.280 e. The lowest BCUT2D eigenvalue weighted by Gasteiger charge is -2.11. The predicted molar refractivity (Wildman–Crippen MR) is 88.9 cm³/mol. The van der Waals surface area contributed by atoms with Gasteiger partial charge in [0.05, 0.1) is 23.5 Å². The Balaban J connectivity index is 1.96. The molecule has 0 radical (unpaired) electrons. The van der Waals surface area contributed by atoms with Crippen molar-refractivity contribution in [3.63, 3.8) is 0 Å². The molecular weight excluding hydrogens is 316 g/mol. The van der Waals surface area contributed by atoms with Gasteiger partial charge in [-0.15, -0.1) is 5.10 Å². The number of pyridine rings is 1. The van der Waals surface area contributed by atoms with Crippen LogP contribution < -0.4 is 10.9 Å².